The van der Waals surface area contributed by atoms with Crippen LogP contribution in [0, 0.1) is 6.92 Å². The van der Waals surface area contributed by atoms with Gasteiger partial charge < -0.3 is 19.9 Å². The molecule has 9 heteroatoms. The van der Waals surface area contributed by atoms with E-state index < -0.39 is 5.91 Å². The summed E-state index contributed by atoms with van der Waals surface area (Å²) in [4.78, 5) is 29.9. The van der Waals surface area contributed by atoms with Crippen LogP contribution in [-0.2, 0) is 0 Å². The molecule has 3 aromatic rings. The fourth-order valence-electron chi connectivity index (χ4n) is 4.08. The highest BCUT2D eigenvalue weighted by Crippen LogP contribution is 2.37. The largest absolute Gasteiger partial charge is 0.494 e. The third kappa shape index (κ3) is 5.50. The fraction of sp³-hybridized carbons (Fsp3) is 0.231. The van der Waals surface area contributed by atoms with Gasteiger partial charge >= 0.3 is 0 Å². The molecular formula is C26H24Cl3N3O3. The Morgan fingerprint density at radius 3 is 2.26 bits per heavy atom. The SMILES string of the molecule is COc1c(Cl)cc(Cl)cc1C(=O)Nc1cccc(Cl)c1N1CCN(C(=O)c2ccc(C)cc2)CC1. The molecule has 4 rings (SSSR count). The van der Waals surface area contributed by atoms with E-state index >= 15 is 0 Å². The molecule has 1 fully saturated rings. The van der Waals surface area contributed by atoms with E-state index in [-0.39, 0.29) is 22.2 Å². The van der Waals surface area contributed by atoms with Crippen molar-refractivity contribution in [3.63, 3.8) is 0 Å². The monoisotopic (exact) mass is 531 g/mol. The molecule has 1 heterocycles. The zero-order valence-corrected chi connectivity index (χ0v) is 21.5. The third-order valence-electron chi connectivity index (χ3n) is 5.87. The number of hydrogen-bond acceptors (Lipinski definition) is 4. The van der Waals surface area contributed by atoms with E-state index in [2.05, 4.69) is 10.2 Å². The maximum Gasteiger partial charge on any atom is 0.259 e. The predicted octanol–water partition coefficient (Wildman–Crippen LogP) is 6.18. The molecule has 1 aliphatic rings. The summed E-state index contributed by atoms with van der Waals surface area (Å²) in [5.74, 6) is -0.189. The van der Waals surface area contributed by atoms with Crippen LogP contribution in [0.4, 0.5) is 11.4 Å². The van der Waals surface area contributed by atoms with Crippen LogP contribution in [0.1, 0.15) is 26.3 Å². The number of nitrogens with one attached hydrogen (secondary N) is 1. The van der Waals surface area contributed by atoms with E-state index in [1.165, 1.54) is 19.2 Å². The maximum absolute atomic E-state index is 13.1. The summed E-state index contributed by atoms with van der Waals surface area (Å²) < 4.78 is 5.31. The first kappa shape index (κ1) is 25.2. The van der Waals surface area contributed by atoms with Gasteiger partial charge in [0.2, 0.25) is 0 Å². The number of carbonyl (C=O) groups excluding carboxylic acids is 2. The van der Waals surface area contributed by atoms with E-state index in [4.69, 9.17) is 39.5 Å². The number of aryl methyl sites for hydroxylation is 1. The first-order chi connectivity index (χ1) is 16.8. The Bertz CT molecular complexity index is 1260. The van der Waals surface area contributed by atoms with Crippen LogP contribution in [0.3, 0.4) is 0 Å². The number of hydrogen-bond donors (Lipinski definition) is 1. The number of para-hydroxylation sites is 1. The molecule has 6 nitrogen and oxygen atoms in total. The minimum atomic E-state index is -0.428. The van der Waals surface area contributed by atoms with Crippen LogP contribution in [0.2, 0.25) is 15.1 Å². The van der Waals surface area contributed by atoms with Gasteiger partial charge in [0.1, 0.15) is 5.75 Å². The zero-order valence-electron chi connectivity index (χ0n) is 19.3. The smallest absolute Gasteiger partial charge is 0.259 e. The van der Waals surface area contributed by atoms with Gasteiger partial charge in [0, 0.05) is 36.8 Å². The molecule has 1 aliphatic heterocycles. The molecule has 0 spiro atoms. The van der Waals surface area contributed by atoms with Crippen LogP contribution in [0.25, 0.3) is 0 Å². The van der Waals surface area contributed by atoms with Crippen LogP contribution in [0.5, 0.6) is 5.75 Å². The number of halogens is 3. The summed E-state index contributed by atoms with van der Waals surface area (Å²) in [6.45, 7) is 4.18. The number of rotatable bonds is 5. The number of piperazine rings is 1. The van der Waals surface area contributed by atoms with Crippen molar-refractivity contribution in [1.29, 1.82) is 0 Å². The normalized spacial score (nSPS) is 13.5. The van der Waals surface area contributed by atoms with Crippen molar-refractivity contribution in [2.24, 2.45) is 0 Å². The van der Waals surface area contributed by atoms with Crippen molar-refractivity contribution >= 4 is 58.0 Å². The molecule has 0 bridgehead atoms. The Labute approximate surface area is 219 Å². The molecular weight excluding hydrogens is 509 g/mol. The second-order valence-electron chi connectivity index (χ2n) is 8.20. The van der Waals surface area contributed by atoms with Crippen molar-refractivity contribution in [3.05, 3.63) is 86.4 Å². The van der Waals surface area contributed by atoms with Gasteiger partial charge in [0.15, 0.2) is 0 Å². The Morgan fingerprint density at radius 1 is 0.914 bits per heavy atom. The number of ether oxygens (including phenoxy) is 1. The highest BCUT2D eigenvalue weighted by molar-refractivity contribution is 6.37. The van der Waals surface area contributed by atoms with Gasteiger partial charge in [-0.3, -0.25) is 9.59 Å². The van der Waals surface area contributed by atoms with Gasteiger partial charge in [0.05, 0.1) is 34.1 Å². The molecule has 2 amide bonds. The van der Waals surface area contributed by atoms with E-state index in [0.717, 1.165) is 5.56 Å². The van der Waals surface area contributed by atoms with E-state index in [0.29, 0.717) is 53.2 Å². The summed E-state index contributed by atoms with van der Waals surface area (Å²) in [6.07, 6.45) is 0. The Morgan fingerprint density at radius 2 is 1.60 bits per heavy atom. The Hall–Kier alpha value is -2.93. The van der Waals surface area contributed by atoms with Crippen molar-refractivity contribution in [3.8, 4) is 5.75 Å². The number of carbonyl (C=O) groups is 2. The molecule has 3 aromatic carbocycles. The molecule has 0 radical (unpaired) electrons. The first-order valence-corrected chi connectivity index (χ1v) is 12.2. The van der Waals surface area contributed by atoms with Crippen molar-refractivity contribution in [2.75, 3.05) is 43.5 Å². The molecule has 1 saturated heterocycles. The minimum absolute atomic E-state index is 0.00210. The van der Waals surface area contributed by atoms with Crippen LogP contribution in [-0.4, -0.2) is 50.0 Å². The zero-order chi connectivity index (χ0) is 25.1. The summed E-state index contributed by atoms with van der Waals surface area (Å²) in [5.41, 5.74) is 3.22. The number of nitrogens with zero attached hydrogens (tertiary/aromatic N) is 2. The summed E-state index contributed by atoms with van der Waals surface area (Å²) in [7, 11) is 1.44. The van der Waals surface area contributed by atoms with Gasteiger partial charge in [0.25, 0.3) is 11.8 Å². The molecule has 0 unspecified atom stereocenters. The Balaban J connectivity index is 1.52. The van der Waals surface area contributed by atoms with E-state index in [9.17, 15) is 9.59 Å². The highest BCUT2D eigenvalue weighted by Gasteiger charge is 2.26. The van der Waals surface area contributed by atoms with Gasteiger partial charge in [-0.1, -0.05) is 58.6 Å². The van der Waals surface area contributed by atoms with Crippen molar-refractivity contribution in [1.82, 2.24) is 4.90 Å². The van der Waals surface area contributed by atoms with Crippen LogP contribution >= 0.6 is 34.8 Å². The van der Waals surface area contributed by atoms with Crippen molar-refractivity contribution in [2.45, 2.75) is 6.92 Å². The molecule has 1 N–H and O–H groups in total. The van der Waals surface area contributed by atoms with Gasteiger partial charge in [-0.15, -0.1) is 0 Å². The number of benzene rings is 3. The maximum atomic E-state index is 13.1. The van der Waals surface area contributed by atoms with Crippen LogP contribution < -0.4 is 15.0 Å². The minimum Gasteiger partial charge on any atom is -0.494 e. The molecule has 0 aliphatic carbocycles. The second-order valence-corrected chi connectivity index (χ2v) is 9.45. The quantitative estimate of drug-likeness (QED) is 0.426. The fourth-order valence-corrected chi connectivity index (χ4v) is 4.94. The first-order valence-electron chi connectivity index (χ1n) is 11.0. The number of anilines is 2. The lowest BCUT2D eigenvalue weighted by atomic mass is 10.1. The summed E-state index contributed by atoms with van der Waals surface area (Å²) >= 11 is 18.9. The van der Waals surface area contributed by atoms with E-state index in [1.54, 1.807) is 18.2 Å². The lowest BCUT2D eigenvalue weighted by Crippen LogP contribution is -2.49. The molecule has 35 heavy (non-hydrogen) atoms. The van der Waals surface area contributed by atoms with Crippen LogP contribution in [0.15, 0.2) is 54.6 Å². The topological polar surface area (TPSA) is 61.9 Å². The van der Waals surface area contributed by atoms with Crippen molar-refractivity contribution < 1.29 is 14.3 Å². The lowest BCUT2D eigenvalue weighted by molar-refractivity contribution is 0.0746. The predicted molar refractivity (Wildman–Crippen MR) is 142 cm³/mol. The second kappa shape index (κ2) is 10.8. The van der Waals surface area contributed by atoms with Gasteiger partial charge in [-0.2, -0.15) is 0 Å². The molecule has 0 aromatic heterocycles. The molecule has 0 saturated carbocycles. The average Bonchev–Trinajstić information content (AvgIpc) is 2.84. The number of amides is 2. The standard InChI is InChI=1S/C26H24Cl3N3O3/c1-16-6-8-17(9-7-16)26(34)32-12-10-31(11-13-32)23-20(28)4-3-5-22(23)30-25(33)19-14-18(27)15-21(29)24(19)35-2/h3-9,14-15H,10-13H2,1-2H3,(H,30,33). The highest BCUT2D eigenvalue weighted by atomic mass is 35.5. The summed E-state index contributed by atoms with van der Waals surface area (Å²) in [6, 6.07) is 15.9. The van der Waals surface area contributed by atoms with Gasteiger partial charge in [-0.05, 0) is 43.3 Å². The molecule has 0 atom stereocenters. The van der Waals surface area contributed by atoms with Gasteiger partial charge in [-0.25, -0.2) is 0 Å². The Kier molecular flexibility index (Phi) is 7.75. The van der Waals surface area contributed by atoms with E-state index in [1.807, 2.05) is 36.1 Å². The lowest BCUT2D eigenvalue weighted by Gasteiger charge is -2.37. The summed E-state index contributed by atoms with van der Waals surface area (Å²) in [5, 5.41) is 3.98. The molecule has 182 valence electrons. The average molecular weight is 533 g/mol. The number of methoxy groups -OCH3 is 1. The third-order valence-corrected chi connectivity index (χ3v) is 6.68.